The Kier molecular flexibility index (Phi) is 5.13. The normalized spacial score (nSPS) is 12.6. The summed E-state index contributed by atoms with van der Waals surface area (Å²) in [4.78, 5) is 22.2. The number of ether oxygens (including phenoxy) is 1. The van der Waals surface area contributed by atoms with Gasteiger partial charge in [0.05, 0.1) is 6.42 Å². The maximum Gasteiger partial charge on any atom is 0.412 e. The van der Waals surface area contributed by atoms with E-state index in [1.807, 2.05) is 6.92 Å². The Morgan fingerprint density at radius 3 is 2.25 bits per heavy atom. The smallest absolute Gasteiger partial charge is 0.412 e. The zero-order valence-electron chi connectivity index (χ0n) is 12.3. The number of aliphatic carboxylic acids is 1. The van der Waals surface area contributed by atoms with Gasteiger partial charge in [-0.1, -0.05) is 19.1 Å². The van der Waals surface area contributed by atoms with Crippen molar-refractivity contribution in [3.8, 4) is 0 Å². The fourth-order valence-electron chi connectivity index (χ4n) is 1.70. The molecule has 0 aliphatic heterocycles. The lowest BCUT2D eigenvalue weighted by Crippen LogP contribution is -2.27. The van der Waals surface area contributed by atoms with E-state index >= 15 is 0 Å². The number of hydrogen-bond donors (Lipinski definition) is 2. The minimum Gasteiger partial charge on any atom is -0.481 e. The first-order valence-corrected chi connectivity index (χ1v) is 6.49. The SMILES string of the molecule is CC(CC(=O)O)c1ccc(NC(=O)OC(C)(C)C)cc1. The molecule has 1 unspecified atom stereocenters. The molecule has 1 atom stereocenters. The van der Waals surface area contributed by atoms with E-state index in [2.05, 4.69) is 5.32 Å². The lowest BCUT2D eigenvalue weighted by atomic mass is 9.98. The van der Waals surface area contributed by atoms with Crippen LogP contribution in [0.25, 0.3) is 0 Å². The molecule has 1 rings (SSSR count). The molecule has 0 aliphatic rings. The fraction of sp³-hybridized carbons (Fsp3) is 0.467. The van der Waals surface area contributed by atoms with Gasteiger partial charge in [-0.3, -0.25) is 10.1 Å². The molecule has 0 fully saturated rings. The molecule has 1 aromatic rings. The van der Waals surface area contributed by atoms with Gasteiger partial charge in [0, 0.05) is 5.69 Å². The second kappa shape index (κ2) is 6.41. The van der Waals surface area contributed by atoms with Crippen LogP contribution in [0.4, 0.5) is 10.5 Å². The Labute approximate surface area is 118 Å². The number of carboxylic acids is 1. The van der Waals surface area contributed by atoms with Gasteiger partial charge in [-0.25, -0.2) is 4.79 Å². The van der Waals surface area contributed by atoms with Crippen LogP contribution in [-0.4, -0.2) is 22.8 Å². The molecule has 20 heavy (non-hydrogen) atoms. The topological polar surface area (TPSA) is 75.6 Å². The first-order chi connectivity index (χ1) is 9.17. The number of carbonyl (C=O) groups is 2. The van der Waals surface area contributed by atoms with Crippen LogP contribution in [0.2, 0.25) is 0 Å². The second-order valence-electron chi connectivity index (χ2n) is 5.75. The van der Waals surface area contributed by atoms with Crippen molar-refractivity contribution in [2.75, 3.05) is 5.32 Å². The number of anilines is 1. The predicted molar refractivity (Wildman–Crippen MR) is 77.0 cm³/mol. The lowest BCUT2D eigenvalue weighted by Gasteiger charge is -2.19. The summed E-state index contributed by atoms with van der Waals surface area (Å²) >= 11 is 0. The van der Waals surface area contributed by atoms with E-state index in [1.54, 1.807) is 45.0 Å². The summed E-state index contributed by atoms with van der Waals surface area (Å²) < 4.78 is 5.14. The number of amides is 1. The van der Waals surface area contributed by atoms with E-state index in [0.29, 0.717) is 5.69 Å². The average molecular weight is 279 g/mol. The highest BCUT2D eigenvalue weighted by molar-refractivity contribution is 5.84. The Hall–Kier alpha value is -2.04. The molecule has 0 bridgehead atoms. The van der Waals surface area contributed by atoms with Crippen molar-refractivity contribution in [1.82, 2.24) is 0 Å². The summed E-state index contributed by atoms with van der Waals surface area (Å²) in [5, 5.41) is 11.4. The molecule has 1 amide bonds. The Morgan fingerprint density at radius 1 is 1.25 bits per heavy atom. The highest BCUT2D eigenvalue weighted by atomic mass is 16.6. The molecule has 5 nitrogen and oxygen atoms in total. The Bertz CT molecular complexity index is 474. The monoisotopic (exact) mass is 279 g/mol. The van der Waals surface area contributed by atoms with E-state index in [1.165, 1.54) is 0 Å². The van der Waals surface area contributed by atoms with Gasteiger partial charge in [-0.2, -0.15) is 0 Å². The van der Waals surface area contributed by atoms with Gasteiger partial charge in [0.1, 0.15) is 5.60 Å². The van der Waals surface area contributed by atoms with Crippen LogP contribution in [0.15, 0.2) is 24.3 Å². The number of nitrogens with one attached hydrogen (secondary N) is 1. The van der Waals surface area contributed by atoms with Crippen LogP contribution in [0.3, 0.4) is 0 Å². The van der Waals surface area contributed by atoms with Gasteiger partial charge in [-0.15, -0.1) is 0 Å². The molecule has 110 valence electrons. The minimum atomic E-state index is -0.826. The number of benzene rings is 1. The summed E-state index contributed by atoms with van der Waals surface area (Å²) in [6.07, 6.45) is -0.428. The highest BCUT2D eigenvalue weighted by Gasteiger charge is 2.16. The first-order valence-electron chi connectivity index (χ1n) is 6.49. The molecule has 0 aliphatic carbocycles. The van der Waals surface area contributed by atoms with E-state index < -0.39 is 17.7 Å². The molecule has 0 saturated carbocycles. The van der Waals surface area contributed by atoms with Gasteiger partial charge in [-0.05, 0) is 44.4 Å². The molecule has 0 heterocycles. The van der Waals surface area contributed by atoms with Crippen molar-refractivity contribution in [3.63, 3.8) is 0 Å². The second-order valence-corrected chi connectivity index (χ2v) is 5.75. The molecular weight excluding hydrogens is 258 g/mol. The third-order valence-corrected chi connectivity index (χ3v) is 2.61. The third-order valence-electron chi connectivity index (χ3n) is 2.61. The molecular formula is C15H21NO4. The van der Waals surface area contributed by atoms with Crippen LogP contribution in [0.1, 0.15) is 45.6 Å². The van der Waals surface area contributed by atoms with Crippen molar-refractivity contribution in [3.05, 3.63) is 29.8 Å². The van der Waals surface area contributed by atoms with Gasteiger partial charge in [0.15, 0.2) is 0 Å². The first kappa shape index (κ1) is 16.0. The highest BCUT2D eigenvalue weighted by Crippen LogP contribution is 2.21. The van der Waals surface area contributed by atoms with E-state index in [9.17, 15) is 9.59 Å². The summed E-state index contributed by atoms with van der Waals surface area (Å²) in [7, 11) is 0. The predicted octanol–water partition coefficient (Wildman–Crippen LogP) is 3.61. The van der Waals surface area contributed by atoms with Crippen LogP contribution >= 0.6 is 0 Å². The zero-order chi connectivity index (χ0) is 15.3. The average Bonchev–Trinajstić information content (AvgIpc) is 2.26. The van der Waals surface area contributed by atoms with Gasteiger partial charge in [0.2, 0.25) is 0 Å². The molecule has 0 saturated heterocycles. The summed E-state index contributed by atoms with van der Waals surface area (Å²) in [5.74, 6) is -0.892. The van der Waals surface area contributed by atoms with Crippen LogP contribution in [0.5, 0.6) is 0 Å². The maximum absolute atomic E-state index is 11.6. The van der Waals surface area contributed by atoms with Crippen LogP contribution in [-0.2, 0) is 9.53 Å². The van der Waals surface area contributed by atoms with Crippen LogP contribution < -0.4 is 5.32 Å². The van der Waals surface area contributed by atoms with Crippen LogP contribution in [0, 0.1) is 0 Å². The van der Waals surface area contributed by atoms with Crippen molar-refractivity contribution in [2.45, 2.75) is 45.6 Å². The number of carbonyl (C=O) groups excluding carboxylic acids is 1. The maximum atomic E-state index is 11.6. The van der Waals surface area contributed by atoms with Crippen molar-refractivity contribution >= 4 is 17.7 Å². The van der Waals surface area contributed by atoms with Gasteiger partial charge in [0.25, 0.3) is 0 Å². The lowest BCUT2D eigenvalue weighted by molar-refractivity contribution is -0.137. The summed E-state index contributed by atoms with van der Waals surface area (Å²) in [5.41, 5.74) is 0.993. The standard InChI is InChI=1S/C15H21NO4/c1-10(9-13(17)18)11-5-7-12(8-6-11)16-14(19)20-15(2,3)4/h5-8,10H,9H2,1-4H3,(H,16,19)(H,17,18). The molecule has 1 aromatic carbocycles. The zero-order valence-corrected chi connectivity index (χ0v) is 12.3. The van der Waals surface area contributed by atoms with E-state index in [0.717, 1.165) is 5.56 Å². The molecule has 0 aromatic heterocycles. The molecule has 2 N–H and O–H groups in total. The van der Waals surface area contributed by atoms with Gasteiger partial charge < -0.3 is 9.84 Å². The van der Waals surface area contributed by atoms with Crippen molar-refractivity contribution in [1.29, 1.82) is 0 Å². The number of rotatable bonds is 4. The van der Waals surface area contributed by atoms with Crippen molar-refractivity contribution in [2.24, 2.45) is 0 Å². The summed E-state index contributed by atoms with van der Waals surface area (Å²) in [6.45, 7) is 7.24. The quantitative estimate of drug-likeness (QED) is 0.882. The Morgan fingerprint density at radius 2 is 1.80 bits per heavy atom. The number of carboxylic acid groups (broad SMARTS) is 1. The molecule has 5 heteroatoms. The van der Waals surface area contributed by atoms with E-state index in [4.69, 9.17) is 9.84 Å². The molecule has 0 radical (unpaired) electrons. The van der Waals surface area contributed by atoms with Crippen molar-refractivity contribution < 1.29 is 19.4 Å². The largest absolute Gasteiger partial charge is 0.481 e. The van der Waals surface area contributed by atoms with Gasteiger partial charge >= 0.3 is 12.1 Å². The number of hydrogen-bond acceptors (Lipinski definition) is 3. The third kappa shape index (κ3) is 5.73. The minimum absolute atomic E-state index is 0.0666. The summed E-state index contributed by atoms with van der Waals surface area (Å²) in [6, 6.07) is 7.08. The van der Waals surface area contributed by atoms with E-state index in [-0.39, 0.29) is 12.3 Å². The molecule has 0 spiro atoms. The fourth-order valence-corrected chi connectivity index (χ4v) is 1.70. The Balaban J connectivity index is 2.63.